The molecule has 0 aliphatic carbocycles. The maximum absolute atomic E-state index is 16.1. The number of nitrogens with zero attached hydrogens (tertiary/aromatic N) is 7. The molecule has 10 nitrogen and oxygen atoms in total. The third kappa shape index (κ3) is 4.78. The van der Waals surface area contributed by atoms with Gasteiger partial charge in [0.15, 0.2) is 5.82 Å². The summed E-state index contributed by atoms with van der Waals surface area (Å²) >= 11 is 6.58. The van der Waals surface area contributed by atoms with E-state index >= 15 is 8.78 Å². The fourth-order valence-corrected chi connectivity index (χ4v) is 4.82. The standard InChI is InChI=1S/C26H22ClF2N7O3/c1-3-20(37)35-7-9-36(10-8-35)25-16-11-17(27)21(23(29)24(16)31-14-32-25)22-18(28)5-4-6-19(22)39-13-15-12-30-26(33-38)34(15)2/h3-6,11-12,14H,1,7-10,13H2,2H3. The van der Waals surface area contributed by atoms with Crippen LogP contribution in [0.3, 0.4) is 0 Å². The lowest BCUT2D eigenvalue weighted by atomic mass is 10.0. The summed E-state index contributed by atoms with van der Waals surface area (Å²) in [5.74, 6) is -1.28. The molecule has 1 saturated heterocycles. The molecular weight excluding hydrogens is 532 g/mol. The van der Waals surface area contributed by atoms with Gasteiger partial charge in [0.25, 0.3) is 5.95 Å². The zero-order chi connectivity index (χ0) is 27.7. The number of carbonyl (C=O) groups is 1. The molecule has 0 N–H and O–H groups in total. The smallest absolute Gasteiger partial charge is 0.271 e. The number of halogens is 3. The summed E-state index contributed by atoms with van der Waals surface area (Å²) < 4.78 is 38.5. The number of fused-ring (bicyclic) bond motifs is 1. The summed E-state index contributed by atoms with van der Waals surface area (Å²) in [4.78, 5) is 38.7. The summed E-state index contributed by atoms with van der Waals surface area (Å²) in [7, 11) is 1.59. The Kier molecular flexibility index (Phi) is 7.20. The average Bonchev–Trinajstić information content (AvgIpc) is 3.31. The molecule has 0 bridgehead atoms. The molecule has 1 aliphatic heterocycles. The molecule has 5 rings (SSSR count). The van der Waals surface area contributed by atoms with Gasteiger partial charge in [-0.3, -0.25) is 4.79 Å². The summed E-state index contributed by atoms with van der Waals surface area (Å²) in [6, 6.07) is 5.60. The maximum Gasteiger partial charge on any atom is 0.271 e. The molecule has 3 heterocycles. The van der Waals surface area contributed by atoms with E-state index in [4.69, 9.17) is 16.3 Å². The normalized spacial score (nSPS) is 13.5. The lowest BCUT2D eigenvalue weighted by Crippen LogP contribution is -2.48. The highest BCUT2D eigenvalue weighted by atomic mass is 35.5. The third-order valence-corrected chi connectivity index (χ3v) is 6.91. The molecule has 1 amide bonds. The van der Waals surface area contributed by atoms with Crippen molar-refractivity contribution in [2.45, 2.75) is 6.61 Å². The van der Waals surface area contributed by atoms with Gasteiger partial charge in [0.2, 0.25) is 5.91 Å². The minimum Gasteiger partial charge on any atom is -0.487 e. The quantitative estimate of drug-likeness (QED) is 0.240. The number of anilines is 1. The van der Waals surface area contributed by atoms with Crippen LogP contribution in [0.1, 0.15) is 5.69 Å². The van der Waals surface area contributed by atoms with Crippen molar-refractivity contribution >= 4 is 40.2 Å². The first-order valence-corrected chi connectivity index (χ1v) is 12.3. The van der Waals surface area contributed by atoms with Gasteiger partial charge in [-0.05, 0) is 24.3 Å². The molecule has 2 aromatic carbocycles. The van der Waals surface area contributed by atoms with Gasteiger partial charge in [0.05, 0.1) is 22.5 Å². The Morgan fingerprint density at radius 1 is 1.18 bits per heavy atom. The van der Waals surface area contributed by atoms with Crippen molar-refractivity contribution in [3.8, 4) is 16.9 Å². The first kappa shape index (κ1) is 26.2. The number of rotatable bonds is 7. The average molecular weight is 554 g/mol. The van der Waals surface area contributed by atoms with Crippen LogP contribution in [0.4, 0.5) is 20.5 Å². The number of carbonyl (C=O) groups excluding carboxylic acids is 1. The molecule has 0 atom stereocenters. The number of hydrogen-bond acceptors (Lipinski definition) is 8. The van der Waals surface area contributed by atoms with Gasteiger partial charge in [0, 0.05) is 49.4 Å². The van der Waals surface area contributed by atoms with E-state index in [0.717, 1.165) is 0 Å². The monoisotopic (exact) mass is 553 g/mol. The highest BCUT2D eigenvalue weighted by Crippen LogP contribution is 2.42. The minimum absolute atomic E-state index is 0.0356. The van der Waals surface area contributed by atoms with Crippen LogP contribution in [0.25, 0.3) is 22.0 Å². The molecule has 2 aromatic heterocycles. The van der Waals surface area contributed by atoms with Crippen LogP contribution in [0.2, 0.25) is 5.02 Å². The Morgan fingerprint density at radius 2 is 1.95 bits per heavy atom. The van der Waals surface area contributed by atoms with E-state index in [1.807, 2.05) is 4.90 Å². The number of ether oxygens (including phenoxy) is 1. The summed E-state index contributed by atoms with van der Waals surface area (Å²) in [5, 5.41) is 3.12. The van der Waals surface area contributed by atoms with Crippen LogP contribution in [0, 0.1) is 16.5 Å². The molecular formula is C26H22ClF2N7O3. The molecule has 39 heavy (non-hydrogen) atoms. The molecule has 4 aromatic rings. The summed E-state index contributed by atoms with van der Waals surface area (Å²) in [6.45, 7) is 5.25. The van der Waals surface area contributed by atoms with Gasteiger partial charge in [-0.25, -0.2) is 23.7 Å². The Balaban J connectivity index is 1.52. The SMILES string of the molecule is C=CC(=O)N1CCN(c2ncnc3c(F)c(-c4c(F)cccc4OCc4cnc(N=O)n4C)c(Cl)cc23)CC1. The topological polar surface area (TPSA) is 106 Å². The van der Waals surface area contributed by atoms with Crippen molar-refractivity contribution in [2.24, 2.45) is 12.2 Å². The van der Waals surface area contributed by atoms with Crippen LogP contribution in [0.15, 0.2) is 54.6 Å². The molecule has 13 heteroatoms. The number of benzene rings is 2. The van der Waals surface area contributed by atoms with Crippen molar-refractivity contribution in [3.63, 3.8) is 0 Å². The summed E-state index contributed by atoms with van der Waals surface area (Å²) in [6.07, 6.45) is 3.91. The van der Waals surface area contributed by atoms with E-state index in [0.29, 0.717) is 43.1 Å². The highest BCUT2D eigenvalue weighted by Gasteiger charge is 2.26. The fraction of sp³-hybridized carbons (Fsp3) is 0.231. The van der Waals surface area contributed by atoms with Gasteiger partial charge < -0.3 is 19.1 Å². The molecule has 0 radical (unpaired) electrons. The van der Waals surface area contributed by atoms with Crippen molar-refractivity contribution in [2.75, 3.05) is 31.1 Å². The molecule has 200 valence electrons. The van der Waals surface area contributed by atoms with Crippen LogP contribution in [0.5, 0.6) is 5.75 Å². The second kappa shape index (κ2) is 10.7. The van der Waals surface area contributed by atoms with Crippen LogP contribution in [-0.4, -0.2) is 56.5 Å². The molecule has 0 spiro atoms. The van der Waals surface area contributed by atoms with Crippen LogP contribution >= 0.6 is 11.6 Å². The zero-order valence-corrected chi connectivity index (χ0v) is 21.5. The van der Waals surface area contributed by atoms with E-state index in [-0.39, 0.29) is 45.9 Å². The Bertz CT molecular complexity index is 1600. The second-order valence-corrected chi connectivity index (χ2v) is 9.17. The van der Waals surface area contributed by atoms with Gasteiger partial charge in [-0.15, -0.1) is 4.91 Å². The first-order valence-electron chi connectivity index (χ1n) is 11.9. The number of nitroso groups, excluding NO2 is 1. The van der Waals surface area contributed by atoms with E-state index in [2.05, 4.69) is 26.7 Å². The van der Waals surface area contributed by atoms with Gasteiger partial charge in [-0.1, -0.05) is 24.2 Å². The van der Waals surface area contributed by atoms with E-state index in [1.165, 1.54) is 47.4 Å². The van der Waals surface area contributed by atoms with Crippen molar-refractivity contribution in [1.29, 1.82) is 0 Å². The third-order valence-electron chi connectivity index (χ3n) is 6.61. The minimum atomic E-state index is -0.829. The number of aromatic nitrogens is 4. The van der Waals surface area contributed by atoms with E-state index in [9.17, 15) is 9.70 Å². The predicted octanol–water partition coefficient (Wildman–Crippen LogP) is 4.77. The predicted molar refractivity (Wildman–Crippen MR) is 142 cm³/mol. The van der Waals surface area contributed by atoms with Crippen molar-refractivity contribution in [1.82, 2.24) is 24.4 Å². The van der Waals surface area contributed by atoms with Gasteiger partial charge >= 0.3 is 0 Å². The summed E-state index contributed by atoms with van der Waals surface area (Å²) in [5.41, 5.74) is 0.0850. The highest BCUT2D eigenvalue weighted by molar-refractivity contribution is 6.34. The Morgan fingerprint density at radius 3 is 2.64 bits per heavy atom. The number of amides is 1. The number of imidazole rings is 1. The van der Waals surface area contributed by atoms with Crippen molar-refractivity contribution < 1.29 is 18.3 Å². The van der Waals surface area contributed by atoms with E-state index < -0.39 is 11.6 Å². The lowest BCUT2D eigenvalue weighted by molar-refractivity contribution is -0.126. The lowest BCUT2D eigenvalue weighted by Gasteiger charge is -2.35. The number of hydrogen-bond donors (Lipinski definition) is 0. The molecule has 0 saturated carbocycles. The Labute approximate surface area is 226 Å². The molecule has 1 fully saturated rings. The molecule has 1 aliphatic rings. The fourth-order valence-electron chi connectivity index (χ4n) is 4.54. The maximum atomic E-state index is 16.1. The second-order valence-electron chi connectivity index (χ2n) is 8.76. The van der Waals surface area contributed by atoms with Crippen LogP contribution in [-0.2, 0) is 18.4 Å². The first-order chi connectivity index (χ1) is 18.8. The van der Waals surface area contributed by atoms with Crippen molar-refractivity contribution in [3.05, 3.63) is 76.7 Å². The largest absolute Gasteiger partial charge is 0.487 e. The van der Waals surface area contributed by atoms with Gasteiger partial charge in [0.1, 0.15) is 35.8 Å². The zero-order valence-electron chi connectivity index (χ0n) is 20.8. The van der Waals surface area contributed by atoms with Crippen LogP contribution < -0.4 is 9.64 Å². The Hall–Kier alpha value is -4.45. The van der Waals surface area contributed by atoms with Gasteiger partial charge in [-0.2, -0.15) is 0 Å². The van der Waals surface area contributed by atoms with E-state index in [1.54, 1.807) is 11.9 Å². The number of piperazine rings is 1. The molecule has 0 unspecified atom stereocenters.